The van der Waals surface area contributed by atoms with Crippen molar-refractivity contribution < 1.29 is 18.0 Å². The first-order valence-electron chi connectivity index (χ1n) is 14.8. The van der Waals surface area contributed by atoms with Gasteiger partial charge >= 0.3 is 6.03 Å². The summed E-state index contributed by atoms with van der Waals surface area (Å²) in [6.45, 7) is 6.41. The van der Waals surface area contributed by atoms with Gasteiger partial charge in [-0.05, 0) is 70.6 Å². The van der Waals surface area contributed by atoms with E-state index in [-0.39, 0.29) is 28.4 Å². The molecule has 0 bridgehead atoms. The minimum absolute atomic E-state index is 0.0284. The molecule has 0 aromatic heterocycles. The molecule has 0 radical (unpaired) electrons. The van der Waals surface area contributed by atoms with Crippen LogP contribution in [0.2, 0.25) is 10.0 Å². The van der Waals surface area contributed by atoms with Crippen molar-refractivity contribution in [2.75, 3.05) is 10.2 Å². The van der Waals surface area contributed by atoms with E-state index < -0.39 is 15.9 Å². The zero-order valence-corrected chi connectivity index (χ0v) is 28.3. The highest BCUT2D eigenvalue weighted by Gasteiger charge is 2.24. The smallest absolute Gasteiger partial charge is 0.307 e. The number of urea groups is 1. The Hall–Kier alpha value is -4.63. The Morgan fingerprint density at radius 1 is 0.745 bits per heavy atom. The van der Waals surface area contributed by atoms with E-state index in [0.29, 0.717) is 32.5 Å². The molecule has 5 aromatic carbocycles. The van der Waals surface area contributed by atoms with Crippen LogP contribution in [0.25, 0.3) is 11.1 Å². The molecule has 7 nitrogen and oxygen atoms in total. The van der Waals surface area contributed by atoms with E-state index in [1.807, 2.05) is 54.6 Å². The molecule has 5 rings (SSSR count). The van der Waals surface area contributed by atoms with Crippen LogP contribution in [0.4, 0.5) is 16.2 Å². The topological polar surface area (TPSA) is 95.6 Å². The Morgan fingerprint density at radius 2 is 1.38 bits per heavy atom. The van der Waals surface area contributed by atoms with E-state index in [2.05, 4.69) is 30.8 Å². The summed E-state index contributed by atoms with van der Waals surface area (Å²) in [5, 5.41) is 3.57. The van der Waals surface area contributed by atoms with Crippen LogP contribution < -0.4 is 14.9 Å². The monoisotopic (exact) mass is 685 g/mol. The number of rotatable bonds is 8. The fourth-order valence-corrected chi connectivity index (χ4v) is 6.43. The maximum absolute atomic E-state index is 13.5. The number of halogens is 2. The van der Waals surface area contributed by atoms with E-state index in [1.165, 1.54) is 6.07 Å². The molecule has 0 saturated carbocycles. The second kappa shape index (κ2) is 14.0. The molecule has 5 aromatic rings. The number of carbonyl (C=O) groups is 2. The van der Waals surface area contributed by atoms with Crippen molar-refractivity contribution in [3.05, 3.63) is 148 Å². The van der Waals surface area contributed by atoms with Gasteiger partial charge in [-0.2, -0.15) is 0 Å². The molecule has 0 aliphatic heterocycles. The molecule has 10 heteroatoms. The maximum Gasteiger partial charge on any atom is 0.326 e. The molecule has 0 fully saturated rings. The molecule has 0 atom stereocenters. The number of amides is 3. The van der Waals surface area contributed by atoms with Gasteiger partial charge in [-0.15, -0.1) is 0 Å². The molecule has 0 aliphatic carbocycles. The van der Waals surface area contributed by atoms with Crippen molar-refractivity contribution in [3.8, 4) is 11.1 Å². The average molecular weight is 687 g/mol. The molecular weight excluding hydrogens is 653 g/mol. The molecule has 0 unspecified atom stereocenters. The molecule has 0 spiro atoms. The standard InChI is InChI=1S/C37H33Cl2N3O4S/c1-37(2,3)28-19-17-27(18-20-28)35(43)41-47(45,46)34-12-8-7-11-31(34)26-15-13-25(14-16-26)24-42(30-9-5-4-6-10-30)36(44)40-29-21-22-32(38)33(39)23-29/h4-23H,24H2,1-3H3,(H,40,44)(H,41,43). The average Bonchev–Trinajstić information content (AvgIpc) is 3.05. The van der Waals surface area contributed by atoms with Gasteiger partial charge in [0.05, 0.1) is 21.5 Å². The van der Waals surface area contributed by atoms with Gasteiger partial charge in [0, 0.05) is 22.5 Å². The second-order valence-corrected chi connectivity index (χ2v) is 14.4. The van der Waals surface area contributed by atoms with E-state index in [1.54, 1.807) is 65.6 Å². The molecule has 240 valence electrons. The maximum atomic E-state index is 13.5. The highest BCUT2D eigenvalue weighted by atomic mass is 35.5. The summed E-state index contributed by atoms with van der Waals surface area (Å²) in [5.41, 5.74) is 4.20. The van der Waals surface area contributed by atoms with Crippen molar-refractivity contribution >= 4 is 56.5 Å². The number of carbonyl (C=O) groups excluding carboxylic acids is 2. The summed E-state index contributed by atoms with van der Waals surface area (Å²) in [4.78, 5) is 28.0. The van der Waals surface area contributed by atoms with Crippen molar-refractivity contribution in [2.24, 2.45) is 0 Å². The number of anilines is 2. The summed E-state index contributed by atoms with van der Waals surface area (Å²) in [5.74, 6) is -0.712. The Labute approximate surface area is 285 Å². The predicted octanol–water partition coefficient (Wildman–Crippen LogP) is 9.32. The van der Waals surface area contributed by atoms with Gasteiger partial charge in [0.2, 0.25) is 0 Å². The fraction of sp³-hybridized carbons (Fsp3) is 0.135. The van der Waals surface area contributed by atoms with Crippen LogP contribution in [0.15, 0.2) is 126 Å². The summed E-state index contributed by atoms with van der Waals surface area (Å²) in [7, 11) is -4.22. The normalized spacial score (nSPS) is 11.5. The molecule has 0 saturated heterocycles. The number of benzene rings is 5. The largest absolute Gasteiger partial charge is 0.326 e. The summed E-state index contributed by atoms with van der Waals surface area (Å²) >= 11 is 12.2. The molecule has 47 heavy (non-hydrogen) atoms. The van der Waals surface area contributed by atoms with Gasteiger partial charge < -0.3 is 5.32 Å². The van der Waals surface area contributed by atoms with Gasteiger partial charge in [0.1, 0.15) is 0 Å². The lowest BCUT2D eigenvalue weighted by Gasteiger charge is -2.24. The lowest BCUT2D eigenvalue weighted by molar-refractivity contribution is 0.0981. The van der Waals surface area contributed by atoms with Gasteiger partial charge in [-0.25, -0.2) is 17.9 Å². The van der Waals surface area contributed by atoms with Crippen LogP contribution in [-0.2, 0) is 22.0 Å². The second-order valence-electron chi connectivity index (χ2n) is 11.9. The zero-order valence-electron chi connectivity index (χ0n) is 26.0. The highest BCUT2D eigenvalue weighted by Crippen LogP contribution is 2.30. The van der Waals surface area contributed by atoms with E-state index >= 15 is 0 Å². The number of sulfonamides is 1. The predicted molar refractivity (Wildman–Crippen MR) is 190 cm³/mol. The molecule has 3 amide bonds. The van der Waals surface area contributed by atoms with Gasteiger partial charge in [-0.3, -0.25) is 9.69 Å². The molecular formula is C37H33Cl2N3O4S. The number of nitrogens with zero attached hydrogens (tertiary/aromatic N) is 1. The zero-order chi connectivity index (χ0) is 33.8. The van der Waals surface area contributed by atoms with Crippen LogP contribution in [0, 0.1) is 0 Å². The third kappa shape index (κ3) is 8.21. The summed E-state index contributed by atoms with van der Waals surface area (Å²) < 4.78 is 29.2. The van der Waals surface area contributed by atoms with E-state index in [0.717, 1.165) is 11.1 Å². The Bertz CT molecular complexity index is 2010. The minimum Gasteiger partial charge on any atom is -0.307 e. The van der Waals surface area contributed by atoms with Crippen LogP contribution in [-0.4, -0.2) is 20.4 Å². The lowest BCUT2D eigenvalue weighted by atomic mass is 9.87. The highest BCUT2D eigenvalue weighted by molar-refractivity contribution is 7.90. The Kier molecular flexibility index (Phi) is 10.1. The first kappa shape index (κ1) is 33.7. The lowest BCUT2D eigenvalue weighted by Crippen LogP contribution is -2.34. The number of hydrogen-bond acceptors (Lipinski definition) is 4. The minimum atomic E-state index is -4.22. The van der Waals surface area contributed by atoms with Gasteiger partial charge in [0.25, 0.3) is 15.9 Å². The summed E-state index contributed by atoms with van der Waals surface area (Å²) in [6.07, 6.45) is 0. The fourth-order valence-electron chi connectivity index (χ4n) is 4.92. The Morgan fingerprint density at radius 3 is 2.02 bits per heavy atom. The number of hydrogen-bond donors (Lipinski definition) is 2. The SMILES string of the molecule is CC(C)(C)c1ccc(C(=O)NS(=O)(=O)c2ccccc2-c2ccc(CN(C(=O)Nc3ccc(Cl)c(Cl)c3)c3ccccc3)cc2)cc1. The van der Waals surface area contributed by atoms with Crippen LogP contribution in [0.5, 0.6) is 0 Å². The summed E-state index contributed by atoms with van der Waals surface area (Å²) in [6, 6.07) is 34.3. The number of para-hydroxylation sites is 1. The van der Waals surface area contributed by atoms with Crippen molar-refractivity contribution in [2.45, 2.75) is 37.6 Å². The molecule has 2 N–H and O–H groups in total. The van der Waals surface area contributed by atoms with E-state index in [9.17, 15) is 18.0 Å². The third-order valence-corrected chi connectivity index (χ3v) is 9.63. The van der Waals surface area contributed by atoms with Gasteiger partial charge in [0.15, 0.2) is 0 Å². The first-order valence-corrected chi connectivity index (χ1v) is 17.0. The number of nitrogens with one attached hydrogen (secondary N) is 2. The molecule has 0 heterocycles. The molecule has 0 aliphatic rings. The van der Waals surface area contributed by atoms with Crippen LogP contribution in [0.1, 0.15) is 42.3 Å². The van der Waals surface area contributed by atoms with Crippen LogP contribution in [0.3, 0.4) is 0 Å². The van der Waals surface area contributed by atoms with Crippen molar-refractivity contribution in [1.29, 1.82) is 0 Å². The first-order chi connectivity index (χ1) is 22.3. The van der Waals surface area contributed by atoms with Crippen LogP contribution >= 0.6 is 23.2 Å². The third-order valence-electron chi connectivity index (χ3n) is 7.51. The van der Waals surface area contributed by atoms with Crippen molar-refractivity contribution in [1.82, 2.24) is 4.72 Å². The van der Waals surface area contributed by atoms with E-state index in [4.69, 9.17) is 23.2 Å². The van der Waals surface area contributed by atoms with Crippen molar-refractivity contribution in [3.63, 3.8) is 0 Å². The van der Waals surface area contributed by atoms with Gasteiger partial charge in [-0.1, -0.05) is 117 Å². The quantitative estimate of drug-likeness (QED) is 0.170. The Balaban J connectivity index is 1.36.